The van der Waals surface area contributed by atoms with Crippen molar-refractivity contribution < 1.29 is 18.6 Å². The average Bonchev–Trinajstić information content (AvgIpc) is 3.07. The number of nitrogens with zero attached hydrogens (tertiary/aromatic N) is 1. The second-order valence-electron chi connectivity index (χ2n) is 7.36. The van der Waals surface area contributed by atoms with Gasteiger partial charge in [-0.25, -0.2) is 4.21 Å². The predicted octanol–water partition coefficient (Wildman–Crippen LogP) is 3.36. The molecule has 2 atom stereocenters. The first kappa shape index (κ1) is 25.0. The Kier molecular flexibility index (Phi) is 8.75. The van der Waals surface area contributed by atoms with Crippen LogP contribution in [0.5, 0.6) is 0 Å². The van der Waals surface area contributed by atoms with Crippen LogP contribution in [0.15, 0.2) is 44.3 Å². The molecule has 0 aliphatic carbocycles. The van der Waals surface area contributed by atoms with Gasteiger partial charge in [0.1, 0.15) is 4.21 Å². The summed E-state index contributed by atoms with van der Waals surface area (Å²) >= 11 is 6.97. The van der Waals surface area contributed by atoms with Crippen LogP contribution in [0.3, 0.4) is 0 Å². The molecule has 0 spiro atoms. The summed E-state index contributed by atoms with van der Waals surface area (Å²) < 4.78 is 19.9. The summed E-state index contributed by atoms with van der Waals surface area (Å²) in [6.45, 7) is 5.18. The fraction of sp³-hybridized carbons (Fsp3) is 0.350. The smallest absolute Gasteiger partial charge is 0.272 e. The van der Waals surface area contributed by atoms with E-state index in [4.69, 9.17) is 17.3 Å². The zero-order chi connectivity index (χ0) is 23.2. The Morgan fingerprint density at radius 1 is 1.26 bits per heavy atom. The third kappa shape index (κ3) is 7.73. The van der Waals surface area contributed by atoms with Gasteiger partial charge >= 0.3 is 0 Å². The topological polar surface area (TPSA) is 131 Å². The predicted molar refractivity (Wildman–Crippen MR) is 123 cm³/mol. The number of amides is 3. The van der Waals surface area contributed by atoms with Crippen LogP contribution in [0.4, 0.5) is 5.69 Å². The lowest BCUT2D eigenvalue weighted by Gasteiger charge is -2.14. The van der Waals surface area contributed by atoms with Crippen LogP contribution in [-0.4, -0.2) is 28.0 Å². The van der Waals surface area contributed by atoms with E-state index < -0.39 is 27.8 Å². The Bertz CT molecular complexity index is 1090. The third-order valence-electron chi connectivity index (χ3n) is 3.94. The number of anilines is 1. The van der Waals surface area contributed by atoms with Crippen LogP contribution in [-0.2, 0) is 30.7 Å². The Hall–Kier alpha value is -2.27. The standard InChI is InChI=1S/C20H25ClN4O4S2/c1-12(2)7-17(22)20(28)25-31(29,19-10-15(21)11-30-19)24-18(27)9-14-5-4-6-16(8-14)23-13(3)26/h4-6,8,10-12,17H,7,9,22H2,1-3H3,(H,23,26)(H,24,25,27,28,29). The van der Waals surface area contributed by atoms with Gasteiger partial charge in [0.15, 0.2) is 9.92 Å². The first-order valence-electron chi connectivity index (χ1n) is 9.46. The van der Waals surface area contributed by atoms with Gasteiger partial charge < -0.3 is 11.1 Å². The largest absolute Gasteiger partial charge is 0.326 e. The van der Waals surface area contributed by atoms with E-state index >= 15 is 0 Å². The molecule has 2 unspecified atom stereocenters. The SMILES string of the molecule is CC(=O)Nc1cccc(CC(=O)NS(=O)(=NC(=O)C(N)CC(C)C)c2cc(Cl)cs2)c1. The Balaban J connectivity index is 2.29. The lowest BCUT2D eigenvalue weighted by atomic mass is 10.0. The number of thiophene rings is 1. The van der Waals surface area contributed by atoms with Crippen molar-refractivity contribution in [1.82, 2.24) is 4.72 Å². The van der Waals surface area contributed by atoms with Gasteiger partial charge in [0, 0.05) is 18.0 Å². The van der Waals surface area contributed by atoms with Crippen molar-refractivity contribution in [3.63, 3.8) is 0 Å². The Morgan fingerprint density at radius 3 is 2.55 bits per heavy atom. The van der Waals surface area contributed by atoms with Gasteiger partial charge in [-0.3, -0.25) is 19.1 Å². The quantitative estimate of drug-likeness (QED) is 0.528. The molecule has 4 N–H and O–H groups in total. The molecule has 0 saturated carbocycles. The van der Waals surface area contributed by atoms with E-state index in [0.29, 0.717) is 22.7 Å². The molecule has 11 heteroatoms. The molecule has 8 nitrogen and oxygen atoms in total. The average molecular weight is 485 g/mol. The number of hydrogen-bond acceptors (Lipinski definition) is 6. The number of benzene rings is 1. The molecule has 31 heavy (non-hydrogen) atoms. The van der Waals surface area contributed by atoms with E-state index in [9.17, 15) is 18.6 Å². The van der Waals surface area contributed by atoms with Crippen molar-refractivity contribution >= 4 is 56.3 Å². The molecule has 0 bridgehead atoms. The van der Waals surface area contributed by atoms with Crippen molar-refractivity contribution in [2.75, 3.05) is 5.32 Å². The molecule has 1 aromatic carbocycles. The number of halogens is 1. The van der Waals surface area contributed by atoms with Gasteiger partial charge in [0.05, 0.1) is 17.5 Å². The highest BCUT2D eigenvalue weighted by Crippen LogP contribution is 2.25. The van der Waals surface area contributed by atoms with Crippen LogP contribution in [0.2, 0.25) is 5.02 Å². The summed E-state index contributed by atoms with van der Waals surface area (Å²) in [7, 11) is -3.62. The van der Waals surface area contributed by atoms with Crippen molar-refractivity contribution in [3.05, 3.63) is 46.3 Å². The van der Waals surface area contributed by atoms with Crippen LogP contribution in [0.1, 0.15) is 32.8 Å². The summed E-state index contributed by atoms with van der Waals surface area (Å²) in [5.41, 5.74) is 6.99. The van der Waals surface area contributed by atoms with Gasteiger partial charge in [-0.05, 0) is 36.1 Å². The first-order chi connectivity index (χ1) is 14.5. The molecule has 0 saturated heterocycles. The fourth-order valence-corrected chi connectivity index (χ4v) is 5.76. The number of nitrogens with one attached hydrogen (secondary N) is 2. The minimum atomic E-state index is -3.62. The molecule has 0 aliphatic rings. The molecular formula is C20H25ClN4O4S2. The zero-order valence-corrected chi connectivity index (χ0v) is 19.8. The van der Waals surface area contributed by atoms with E-state index in [1.165, 1.54) is 18.4 Å². The summed E-state index contributed by atoms with van der Waals surface area (Å²) in [4.78, 5) is 36.4. The lowest BCUT2D eigenvalue weighted by molar-refractivity contribution is -0.119. The highest BCUT2D eigenvalue weighted by atomic mass is 35.5. The third-order valence-corrected chi connectivity index (χ3v) is 7.58. The second-order valence-corrected chi connectivity index (χ2v) is 10.8. The maximum atomic E-state index is 13.5. The van der Waals surface area contributed by atoms with Gasteiger partial charge in [-0.1, -0.05) is 37.6 Å². The fourth-order valence-electron chi connectivity index (χ4n) is 2.70. The molecule has 3 amide bonds. The van der Waals surface area contributed by atoms with Crippen LogP contribution >= 0.6 is 22.9 Å². The van der Waals surface area contributed by atoms with Crippen molar-refractivity contribution in [2.45, 2.75) is 43.9 Å². The van der Waals surface area contributed by atoms with Crippen LogP contribution in [0.25, 0.3) is 0 Å². The summed E-state index contributed by atoms with van der Waals surface area (Å²) in [5, 5.41) is 4.49. The molecular weight excluding hydrogens is 460 g/mol. The van der Waals surface area contributed by atoms with E-state index in [1.807, 2.05) is 13.8 Å². The Morgan fingerprint density at radius 2 is 1.97 bits per heavy atom. The maximum absolute atomic E-state index is 13.5. The monoisotopic (exact) mass is 484 g/mol. The number of carbonyl (C=O) groups excluding carboxylic acids is 3. The second kappa shape index (κ2) is 10.9. The normalized spacial score (nSPS) is 13.9. The summed E-state index contributed by atoms with van der Waals surface area (Å²) in [5.74, 6) is -1.46. The molecule has 1 heterocycles. The Labute approximate surface area is 190 Å². The highest BCUT2D eigenvalue weighted by molar-refractivity contribution is 7.94. The van der Waals surface area contributed by atoms with Crippen molar-refractivity contribution in [2.24, 2.45) is 16.0 Å². The molecule has 2 rings (SSSR count). The molecule has 0 fully saturated rings. The minimum absolute atomic E-state index is 0.134. The summed E-state index contributed by atoms with van der Waals surface area (Å²) in [6, 6.07) is 7.16. The van der Waals surface area contributed by atoms with Crippen LogP contribution < -0.4 is 15.8 Å². The first-order valence-corrected chi connectivity index (χ1v) is 12.2. The van der Waals surface area contributed by atoms with Crippen molar-refractivity contribution in [1.29, 1.82) is 0 Å². The molecule has 0 aliphatic heterocycles. The molecule has 1 aromatic heterocycles. The lowest BCUT2D eigenvalue weighted by Crippen LogP contribution is -2.35. The van der Waals surface area contributed by atoms with E-state index in [0.717, 1.165) is 11.3 Å². The van der Waals surface area contributed by atoms with Crippen molar-refractivity contribution in [3.8, 4) is 0 Å². The maximum Gasteiger partial charge on any atom is 0.272 e. The van der Waals surface area contributed by atoms with Crippen LogP contribution in [0, 0.1) is 5.92 Å². The zero-order valence-electron chi connectivity index (χ0n) is 17.4. The molecule has 168 valence electrons. The highest BCUT2D eigenvalue weighted by Gasteiger charge is 2.23. The molecule has 2 aromatic rings. The van der Waals surface area contributed by atoms with Gasteiger partial charge in [0.25, 0.3) is 5.91 Å². The minimum Gasteiger partial charge on any atom is -0.326 e. The number of hydrogen-bond donors (Lipinski definition) is 3. The molecule has 0 radical (unpaired) electrons. The van der Waals surface area contributed by atoms with E-state index in [-0.39, 0.29) is 22.5 Å². The van der Waals surface area contributed by atoms with Gasteiger partial charge in [-0.15, -0.1) is 15.7 Å². The number of carbonyl (C=O) groups is 3. The van der Waals surface area contributed by atoms with E-state index in [2.05, 4.69) is 14.4 Å². The number of nitrogens with two attached hydrogens (primary N) is 1. The number of rotatable bonds is 8. The van der Waals surface area contributed by atoms with E-state index in [1.54, 1.807) is 24.3 Å². The summed E-state index contributed by atoms with van der Waals surface area (Å²) in [6.07, 6.45) is 0.234. The van der Waals surface area contributed by atoms with Gasteiger partial charge in [0.2, 0.25) is 11.8 Å². The van der Waals surface area contributed by atoms with Gasteiger partial charge in [-0.2, -0.15) is 0 Å².